The molecule has 121 heavy (non-hydrogen) atoms. The predicted molar refractivity (Wildman–Crippen MR) is 463 cm³/mol. The molecular formula is C99H95F3N6O13. The lowest BCUT2D eigenvalue weighted by molar-refractivity contribution is -0.124. The number of fused-ring (bicyclic) bond motifs is 3. The van der Waals surface area contributed by atoms with Crippen LogP contribution in [0.5, 0.6) is 51.7 Å². The Morgan fingerprint density at radius 2 is 0.777 bits per heavy atom. The zero-order valence-electron chi connectivity index (χ0n) is 68.6. The number of amides is 3. The minimum Gasteiger partial charge on any atom is -0.502 e. The second kappa shape index (κ2) is 39.1. The highest BCUT2D eigenvalue weighted by Gasteiger charge is 2.39. The first-order valence-electron chi connectivity index (χ1n) is 39.7. The highest BCUT2D eigenvalue weighted by Crippen LogP contribution is 2.52. The molecule has 22 heteroatoms. The van der Waals surface area contributed by atoms with Crippen LogP contribution in [-0.4, -0.2) is 97.8 Å². The van der Waals surface area contributed by atoms with Gasteiger partial charge in [-0.25, -0.2) is 18.2 Å². The van der Waals surface area contributed by atoms with Crippen LogP contribution in [-0.2, 0) is 46.9 Å². The van der Waals surface area contributed by atoms with Crippen LogP contribution >= 0.6 is 0 Å². The van der Waals surface area contributed by atoms with E-state index in [0.29, 0.717) is 73.5 Å². The maximum atomic E-state index is 14.7. The Balaban J connectivity index is 0.000000157. The average molecular weight is 1630 g/mol. The van der Waals surface area contributed by atoms with Gasteiger partial charge in [0.2, 0.25) is 35.0 Å². The summed E-state index contributed by atoms with van der Waals surface area (Å²) in [6.45, 7) is 7.03. The van der Waals surface area contributed by atoms with Crippen molar-refractivity contribution in [2.24, 2.45) is 11.8 Å². The van der Waals surface area contributed by atoms with Gasteiger partial charge in [-0.05, 0) is 272 Å². The fourth-order valence-electron chi connectivity index (χ4n) is 15.7. The van der Waals surface area contributed by atoms with Crippen molar-refractivity contribution in [3.05, 3.63) is 331 Å². The summed E-state index contributed by atoms with van der Waals surface area (Å²) < 4.78 is 81.4. The van der Waals surface area contributed by atoms with Gasteiger partial charge < -0.3 is 64.1 Å². The van der Waals surface area contributed by atoms with Crippen LogP contribution < -0.4 is 49.7 Å². The summed E-state index contributed by atoms with van der Waals surface area (Å²) in [5.41, 5.74) is 18.2. The molecule has 3 amide bonds. The number of ether oxygens (including phenoxy) is 6. The molecule has 19 nitrogen and oxygen atoms in total. The van der Waals surface area contributed by atoms with Gasteiger partial charge >= 0.3 is 0 Å². The van der Waals surface area contributed by atoms with Gasteiger partial charge in [-0.15, -0.1) is 0 Å². The van der Waals surface area contributed by atoms with Crippen LogP contribution in [0, 0.1) is 29.3 Å². The number of rotatable bonds is 29. The lowest BCUT2D eigenvalue weighted by Crippen LogP contribution is -2.45. The maximum Gasteiger partial charge on any atom is 0.242 e. The molecule has 3 unspecified atom stereocenters. The van der Waals surface area contributed by atoms with Crippen LogP contribution in [0.1, 0.15) is 125 Å². The number of pyridine rings is 1. The standard InChI is InChI=1S/C35H33FN2O4.C33H31FN2O5.C31H31FN2O4/c1-22-29(16-25-17-31(41-2)34(39)32(18-25)42-3)27-14-12-26(36)19-30(27)33(22)28(13-11-24-10-7-15-37-20-24)35(40)38-21-23-8-5-4-6-9-23;1-20-26(15-22-16-28(39-2)32(37)29(17-22)40-3)24-10-9-23(34)18-27(24)31(20)25(11-12-30-35-13-14-41-30)33(38)36-19-21-7-5-4-6-8-21;1-18-24(13-20-14-26(37-2)30(35)27(15-20)38-3)23-12-9-21(32)16-25(23)28(18)29(34-22-10-11-22)31(36)33-17-19-7-5-4-6-8-19/h4-10,12,14-20,28,39H,11,13,21H2,1-3H3,(H,38,40);4-10,13-18,25,37H,11-12,19H2,1-3H3,(H,36,38);4-9,12-16,22,29,34-35H,10-11,17H2,1-3H3,(H,33,36)/b29-16-;26-15-;24-13-. The van der Waals surface area contributed by atoms with E-state index in [9.17, 15) is 42.9 Å². The molecule has 2 aromatic heterocycles. The Hall–Kier alpha value is -13.9. The van der Waals surface area contributed by atoms with E-state index in [4.69, 9.17) is 32.8 Å². The smallest absolute Gasteiger partial charge is 0.242 e. The monoisotopic (exact) mass is 1630 g/mol. The lowest BCUT2D eigenvalue weighted by atomic mass is 9.86. The van der Waals surface area contributed by atoms with E-state index in [0.717, 1.165) is 113 Å². The zero-order chi connectivity index (χ0) is 85.4. The van der Waals surface area contributed by atoms with E-state index in [1.165, 1.54) is 85.3 Å². The third kappa shape index (κ3) is 20.0. The molecule has 0 saturated heterocycles. The number of carbonyl (C=O) groups excluding carboxylic acids is 3. The number of methoxy groups -OCH3 is 6. The summed E-state index contributed by atoms with van der Waals surface area (Å²) in [4.78, 5) is 49.7. The van der Waals surface area contributed by atoms with E-state index < -0.39 is 17.9 Å². The summed E-state index contributed by atoms with van der Waals surface area (Å²) in [5, 5.41) is 43.9. The zero-order valence-corrected chi connectivity index (χ0v) is 68.6. The van der Waals surface area contributed by atoms with Crippen molar-refractivity contribution in [3.63, 3.8) is 0 Å². The van der Waals surface area contributed by atoms with Crippen molar-refractivity contribution < 1.29 is 75.7 Å². The summed E-state index contributed by atoms with van der Waals surface area (Å²) in [5.74, 6) is -0.803. The van der Waals surface area contributed by atoms with Gasteiger partial charge in [0.05, 0.1) is 60.7 Å². The summed E-state index contributed by atoms with van der Waals surface area (Å²) in [7, 11) is 8.84. The first-order chi connectivity index (χ1) is 58.7. The fourth-order valence-corrected chi connectivity index (χ4v) is 15.7. The van der Waals surface area contributed by atoms with Crippen molar-refractivity contribution in [2.45, 2.75) is 91.0 Å². The van der Waals surface area contributed by atoms with E-state index in [2.05, 4.69) is 31.2 Å². The minimum absolute atomic E-state index is 0.0808. The van der Waals surface area contributed by atoms with Gasteiger partial charge in [-0.1, -0.05) is 115 Å². The van der Waals surface area contributed by atoms with E-state index in [1.807, 2.05) is 142 Å². The highest BCUT2D eigenvalue weighted by atomic mass is 19.1. The third-order valence-corrected chi connectivity index (χ3v) is 21.9. The summed E-state index contributed by atoms with van der Waals surface area (Å²) in [6.07, 6.45) is 16.4. The van der Waals surface area contributed by atoms with Crippen molar-refractivity contribution in [3.8, 4) is 51.7 Å². The highest BCUT2D eigenvalue weighted by molar-refractivity contribution is 6.13. The molecule has 15 rings (SSSR count). The normalized spacial score (nSPS) is 14.8. The van der Waals surface area contributed by atoms with Gasteiger partial charge in [0.25, 0.3) is 0 Å². The van der Waals surface area contributed by atoms with Crippen LogP contribution in [0.4, 0.5) is 13.2 Å². The Bertz CT molecular complexity index is 5730. The molecule has 9 aromatic carbocycles. The second-order valence-electron chi connectivity index (χ2n) is 29.6. The SMILES string of the molecule is COc1cc(/C=C2/C(C)=C(C(CCc3cccnc3)C(=O)NCc3ccccc3)c3cc(F)ccc32)cc(OC)c1O.COc1cc(/C=C2/C(C)=C(C(CCc3ncco3)C(=O)NCc3ccccc3)c3cc(F)ccc32)cc(OC)c1O.COc1cc(/C=C2/C(C)=C(C(NC3CC3)C(=O)NCc3ccccc3)c3cc(F)ccc32)cc(OC)c1O. The molecule has 2 heterocycles. The number of hydrogen-bond donors (Lipinski definition) is 7. The van der Waals surface area contributed by atoms with E-state index >= 15 is 0 Å². The summed E-state index contributed by atoms with van der Waals surface area (Å²) in [6, 6.07) is 56.9. The van der Waals surface area contributed by atoms with Crippen molar-refractivity contribution in [1.29, 1.82) is 0 Å². The topological polar surface area (TPSA) is 254 Å². The number of aromatic nitrogens is 2. The number of oxazole rings is 1. The number of halogens is 3. The quantitative estimate of drug-likeness (QED) is 0.0230. The van der Waals surface area contributed by atoms with Crippen molar-refractivity contribution in [1.82, 2.24) is 31.2 Å². The number of benzene rings is 9. The summed E-state index contributed by atoms with van der Waals surface area (Å²) >= 11 is 0. The van der Waals surface area contributed by atoms with Crippen molar-refractivity contribution in [2.75, 3.05) is 42.7 Å². The molecule has 1 fully saturated rings. The second-order valence-corrected chi connectivity index (χ2v) is 29.6. The number of nitrogens with zero attached hydrogens (tertiary/aromatic N) is 2. The Labute approximate surface area is 701 Å². The molecule has 7 N–H and O–H groups in total. The van der Waals surface area contributed by atoms with Gasteiger partial charge in [-0.2, -0.15) is 0 Å². The minimum atomic E-state index is -0.637. The molecular weight excluding hydrogens is 1540 g/mol. The number of carbonyl (C=O) groups is 3. The Kier molecular flexibility index (Phi) is 27.5. The molecule has 4 aliphatic rings. The molecule has 4 aliphatic carbocycles. The number of aryl methyl sites for hydroxylation is 2. The van der Waals surface area contributed by atoms with Gasteiger partial charge in [0.15, 0.2) is 40.4 Å². The van der Waals surface area contributed by atoms with E-state index in [-0.39, 0.29) is 93.0 Å². The average Bonchev–Trinajstić information content (AvgIpc) is 1.61. The Morgan fingerprint density at radius 1 is 0.430 bits per heavy atom. The van der Waals surface area contributed by atoms with E-state index in [1.54, 1.807) is 73.2 Å². The molecule has 620 valence electrons. The molecule has 0 spiro atoms. The molecule has 1 saturated carbocycles. The molecule has 0 bridgehead atoms. The van der Waals surface area contributed by atoms with Gasteiger partial charge in [-0.3, -0.25) is 24.7 Å². The largest absolute Gasteiger partial charge is 0.502 e. The first-order valence-corrected chi connectivity index (χ1v) is 39.7. The molecule has 3 atom stereocenters. The number of hydrogen-bond acceptors (Lipinski definition) is 16. The molecule has 0 radical (unpaired) electrons. The van der Waals surface area contributed by atoms with Gasteiger partial charge in [0, 0.05) is 44.5 Å². The predicted octanol–water partition coefficient (Wildman–Crippen LogP) is 18.6. The Morgan fingerprint density at radius 3 is 1.12 bits per heavy atom. The number of phenolic OH excluding ortho intramolecular Hbond substituents is 3. The van der Waals surface area contributed by atoms with Crippen molar-refractivity contribution >= 4 is 69.4 Å². The fraction of sp³-hybridized carbons (Fsp3) is 0.222. The number of aromatic hydroxyl groups is 3. The first kappa shape index (κ1) is 85.0. The number of allylic oxidation sites excluding steroid dienone is 6. The van der Waals surface area contributed by atoms with Crippen LogP contribution in [0.3, 0.4) is 0 Å². The number of phenols is 3. The van der Waals surface area contributed by atoms with Crippen LogP contribution in [0.15, 0.2) is 240 Å². The van der Waals surface area contributed by atoms with Crippen LogP contribution in [0.25, 0.3) is 51.7 Å². The maximum absolute atomic E-state index is 14.7. The number of nitrogens with one attached hydrogen (secondary N) is 4. The third-order valence-electron chi connectivity index (χ3n) is 21.9. The molecule has 0 aliphatic heterocycles. The molecule has 11 aromatic rings. The van der Waals surface area contributed by atoms with Gasteiger partial charge in [0.1, 0.15) is 29.8 Å². The lowest BCUT2D eigenvalue weighted by Gasteiger charge is -2.21. The van der Waals surface area contributed by atoms with Crippen LogP contribution in [0.2, 0.25) is 0 Å².